The number of quaternary nitrogens is 1. The Morgan fingerprint density at radius 1 is 1.38 bits per heavy atom. The number of hydrogen-bond acceptors (Lipinski definition) is 10. The molecule has 1 fully saturated rings. The van der Waals surface area contributed by atoms with Crippen LogP contribution in [0.2, 0.25) is 0 Å². The van der Waals surface area contributed by atoms with E-state index in [-0.39, 0.29) is 5.96 Å². The third kappa shape index (κ3) is 5.00. The molecular weight excluding hydrogens is 302 g/mol. The molecule has 0 aromatic carbocycles. The normalized spacial score (nSPS) is 22.3. The second-order valence-electron chi connectivity index (χ2n) is 5.16. The van der Waals surface area contributed by atoms with Gasteiger partial charge in [-0.15, -0.1) is 0 Å². The van der Waals surface area contributed by atoms with Crippen molar-refractivity contribution >= 4 is 22.3 Å². The van der Waals surface area contributed by atoms with Crippen molar-refractivity contribution in [3.05, 3.63) is 0 Å². The Labute approximate surface area is 123 Å². The summed E-state index contributed by atoms with van der Waals surface area (Å²) in [7, 11) is -0.414. The fourth-order valence-corrected chi connectivity index (χ4v) is 2.20. The molecule has 0 aliphatic carbocycles. The maximum absolute atomic E-state index is 9.86. The SMILES string of the molecule is C[N+]1(C)CN2CCN=C2N1.O=S(=O)([O-])ONC1=NCCN1. The van der Waals surface area contributed by atoms with E-state index in [2.05, 4.69) is 44.0 Å². The number of hydrogen-bond donors (Lipinski definition) is 3. The maximum Gasteiger partial charge on any atom is 0.245 e. The van der Waals surface area contributed by atoms with E-state index in [1.54, 1.807) is 0 Å². The van der Waals surface area contributed by atoms with Crippen molar-refractivity contribution in [3.63, 3.8) is 0 Å². The molecular formula is C9H19N7O4S. The fraction of sp³-hybridized carbons (Fsp3) is 0.778. The van der Waals surface area contributed by atoms with Gasteiger partial charge in [-0.05, 0) is 0 Å². The maximum atomic E-state index is 9.86. The summed E-state index contributed by atoms with van der Waals surface area (Å²) in [5.41, 5.74) is 5.17. The van der Waals surface area contributed by atoms with E-state index in [4.69, 9.17) is 0 Å². The van der Waals surface area contributed by atoms with Crippen LogP contribution in [0, 0.1) is 0 Å². The highest BCUT2D eigenvalue weighted by Crippen LogP contribution is 2.10. The Hall–Kier alpha value is -1.63. The first-order valence-corrected chi connectivity index (χ1v) is 7.68. The Balaban J connectivity index is 0.000000154. The van der Waals surface area contributed by atoms with Crippen LogP contribution in [0.15, 0.2) is 9.98 Å². The number of fused-ring (bicyclic) bond motifs is 1. The molecule has 1 saturated heterocycles. The summed E-state index contributed by atoms with van der Waals surface area (Å²) >= 11 is 0. The third-order valence-electron chi connectivity index (χ3n) is 2.77. The van der Waals surface area contributed by atoms with Crippen molar-refractivity contribution in [2.24, 2.45) is 9.98 Å². The molecule has 0 radical (unpaired) electrons. The lowest BCUT2D eigenvalue weighted by molar-refractivity contribution is -0.920. The van der Waals surface area contributed by atoms with Crippen molar-refractivity contribution in [3.8, 4) is 0 Å². The van der Waals surface area contributed by atoms with Crippen LogP contribution in [0.4, 0.5) is 0 Å². The van der Waals surface area contributed by atoms with Crippen molar-refractivity contribution in [1.82, 2.24) is 21.1 Å². The number of nitrogens with one attached hydrogen (secondary N) is 3. The molecule has 0 unspecified atom stereocenters. The molecule has 0 bridgehead atoms. The van der Waals surface area contributed by atoms with Crippen molar-refractivity contribution in [1.29, 1.82) is 0 Å². The lowest BCUT2D eigenvalue weighted by atomic mass is 10.6. The van der Waals surface area contributed by atoms with Gasteiger partial charge in [0.1, 0.15) is 0 Å². The quantitative estimate of drug-likeness (QED) is 0.214. The summed E-state index contributed by atoms with van der Waals surface area (Å²) in [6.07, 6.45) is 0. The average Bonchev–Trinajstić information content (AvgIpc) is 3.01. The fourth-order valence-electron chi connectivity index (χ4n) is 2.02. The summed E-state index contributed by atoms with van der Waals surface area (Å²) in [6, 6.07) is 0. The molecule has 0 saturated carbocycles. The van der Waals surface area contributed by atoms with Gasteiger partial charge in [0.05, 0.1) is 27.2 Å². The van der Waals surface area contributed by atoms with E-state index >= 15 is 0 Å². The molecule has 0 aromatic rings. The summed E-state index contributed by atoms with van der Waals surface area (Å²) < 4.78 is 34.1. The number of aliphatic imine (C=N–C) groups is 2. The number of guanidine groups is 2. The predicted molar refractivity (Wildman–Crippen MR) is 73.3 cm³/mol. The summed E-state index contributed by atoms with van der Waals surface area (Å²) in [6.45, 7) is 4.22. The van der Waals surface area contributed by atoms with Crippen LogP contribution in [-0.4, -0.2) is 81.3 Å². The molecule has 3 N–H and O–H groups in total. The average molecular weight is 321 g/mol. The van der Waals surface area contributed by atoms with Crippen LogP contribution < -0.4 is 16.2 Å². The van der Waals surface area contributed by atoms with Crippen LogP contribution in [0.3, 0.4) is 0 Å². The highest BCUT2D eigenvalue weighted by Gasteiger charge is 2.35. The third-order valence-corrected chi connectivity index (χ3v) is 3.06. The first-order valence-electron chi connectivity index (χ1n) is 6.34. The van der Waals surface area contributed by atoms with Crippen molar-refractivity contribution < 1.29 is 21.8 Å². The number of rotatable bonds is 2. The Morgan fingerprint density at radius 3 is 2.71 bits per heavy atom. The lowest BCUT2D eigenvalue weighted by Gasteiger charge is -2.20. The van der Waals surface area contributed by atoms with Crippen LogP contribution in [-0.2, 0) is 14.7 Å². The molecule has 0 amide bonds. The highest BCUT2D eigenvalue weighted by atomic mass is 32.3. The zero-order valence-electron chi connectivity index (χ0n) is 11.9. The van der Waals surface area contributed by atoms with Gasteiger partial charge in [-0.1, -0.05) is 0 Å². The van der Waals surface area contributed by atoms with Gasteiger partial charge in [-0.3, -0.25) is 4.90 Å². The van der Waals surface area contributed by atoms with Gasteiger partial charge in [-0.25, -0.2) is 33.9 Å². The second kappa shape index (κ2) is 6.01. The van der Waals surface area contributed by atoms with Crippen molar-refractivity contribution in [2.75, 3.05) is 46.9 Å². The van der Waals surface area contributed by atoms with E-state index < -0.39 is 10.4 Å². The molecule has 11 nitrogen and oxygen atoms in total. The predicted octanol–water partition coefficient (Wildman–Crippen LogP) is -2.86. The minimum atomic E-state index is -4.69. The molecule has 3 heterocycles. The Morgan fingerprint density at radius 2 is 2.14 bits per heavy atom. The lowest BCUT2D eigenvalue weighted by Crippen LogP contribution is -2.47. The zero-order valence-corrected chi connectivity index (χ0v) is 12.7. The van der Waals surface area contributed by atoms with Gasteiger partial charge < -0.3 is 9.87 Å². The zero-order chi connectivity index (χ0) is 15.5. The molecule has 3 aliphatic heterocycles. The molecule has 0 spiro atoms. The van der Waals surface area contributed by atoms with Crippen LogP contribution in [0.5, 0.6) is 0 Å². The molecule has 3 aliphatic rings. The first kappa shape index (κ1) is 15.8. The smallest absolute Gasteiger partial charge is 0.245 e. The van der Waals surface area contributed by atoms with E-state index in [1.807, 2.05) is 5.48 Å². The summed E-state index contributed by atoms with van der Waals surface area (Å²) in [5, 5.41) is 2.64. The minimum absolute atomic E-state index is 0.157. The second-order valence-corrected chi connectivity index (χ2v) is 6.14. The monoisotopic (exact) mass is 321 g/mol. The van der Waals surface area contributed by atoms with E-state index in [0.29, 0.717) is 13.1 Å². The van der Waals surface area contributed by atoms with Gasteiger partial charge in [0.25, 0.3) is 0 Å². The van der Waals surface area contributed by atoms with Crippen LogP contribution in [0.1, 0.15) is 0 Å². The Kier molecular flexibility index (Phi) is 4.51. The van der Waals surface area contributed by atoms with Gasteiger partial charge in [0.15, 0.2) is 6.67 Å². The van der Waals surface area contributed by atoms with Gasteiger partial charge in [-0.2, -0.15) is 4.28 Å². The largest absolute Gasteiger partial charge is 0.724 e. The number of nitrogens with zero attached hydrogens (tertiary/aromatic N) is 4. The van der Waals surface area contributed by atoms with Gasteiger partial charge in [0.2, 0.25) is 22.3 Å². The van der Waals surface area contributed by atoms with E-state index in [9.17, 15) is 13.0 Å². The van der Waals surface area contributed by atoms with Crippen molar-refractivity contribution in [2.45, 2.75) is 0 Å². The number of hydroxylamine groups is 1. The van der Waals surface area contributed by atoms with E-state index in [0.717, 1.165) is 30.3 Å². The molecule has 12 heteroatoms. The highest BCUT2D eigenvalue weighted by molar-refractivity contribution is 7.80. The van der Waals surface area contributed by atoms with Crippen LogP contribution >= 0.6 is 0 Å². The molecule has 0 atom stereocenters. The molecule has 3 rings (SSSR count). The van der Waals surface area contributed by atoms with E-state index in [1.165, 1.54) is 0 Å². The Bertz CT molecular complexity index is 544. The van der Waals surface area contributed by atoms with Gasteiger partial charge >= 0.3 is 0 Å². The van der Waals surface area contributed by atoms with Gasteiger partial charge in [0, 0.05) is 13.1 Å². The molecule has 21 heavy (non-hydrogen) atoms. The standard InChI is InChI=1S/C6H13N4.C3H7N3O4S/c1-10(2)5-9-4-3-7-6(9)8-10;7-11(8,9)10-6-3-4-1-2-5-3/h3-5H2,1-2H3,(H,7,8);1-2H2,(H2,4,5,6)(H,7,8,9)/q+1;/p-1. The van der Waals surface area contributed by atoms with Crippen LogP contribution in [0.25, 0.3) is 0 Å². The summed E-state index contributed by atoms with van der Waals surface area (Å²) in [5.74, 6) is 1.23. The minimum Gasteiger partial charge on any atom is -0.724 e. The molecule has 120 valence electrons. The summed E-state index contributed by atoms with van der Waals surface area (Å²) in [4.78, 5) is 10.3. The topological polar surface area (TPSA) is 130 Å². The first-order chi connectivity index (χ1) is 9.75. The molecule has 0 aromatic heterocycles.